The van der Waals surface area contributed by atoms with Crippen LogP contribution < -0.4 is 10.2 Å². The van der Waals surface area contributed by atoms with Crippen LogP contribution in [0.15, 0.2) is 57.3 Å². The van der Waals surface area contributed by atoms with Crippen molar-refractivity contribution in [3.63, 3.8) is 0 Å². The number of pyridine rings is 1. The Balaban J connectivity index is 1.56. The van der Waals surface area contributed by atoms with Gasteiger partial charge in [-0.05, 0) is 24.0 Å². The van der Waals surface area contributed by atoms with Crippen molar-refractivity contribution in [2.75, 3.05) is 24.5 Å². The number of anilines is 1. The molecule has 1 aromatic rings. The van der Waals surface area contributed by atoms with Gasteiger partial charge >= 0.3 is 0 Å². The first-order valence-corrected chi connectivity index (χ1v) is 8.80. The summed E-state index contributed by atoms with van der Waals surface area (Å²) >= 11 is 0. The molecular weight excluding hydrogens is 314 g/mol. The number of nitrogens with zero attached hydrogens (tertiary/aromatic N) is 4. The van der Waals surface area contributed by atoms with E-state index < -0.39 is 0 Å². The summed E-state index contributed by atoms with van der Waals surface area (Å²) < 4.78 is 0. The lowest BCUT2D eigenvalue weighted by molar-refractivity contribution is -0.119. The van der Waals surface area contributed by atoms with Gasteiger partial charge in [0.15, 0.2) is 11.6 Å². The minimum absolute atomic E-state index is 0.0116. The number of carbonyl (C=O) groups is 1. The topological polar surface area (TPSA) is 70.0 Å². The average molecular weight is 335 g/mol. The molecule has 128 valence electrons. The maximum atomic E-state index is 13.1. The zero-order chi connectivity index (χ0) is 17.2. The van der Waals surface area contributed by atoms with Crippen molar-refractivity contribution in [1.29, 1.82) is 0 Å². The van der Waals surface area contributed by atoms with Gasteiger partial charge < -0.3 is 10.2 Å². The summed E-state index contributed by atoms with van der Waals surface area (Å²) in [7, 11) is 0. The van der Waals surface area contributed by atoms with Gasteiger partial charge in [-0.2, -0.15) is 5.11 Å². The first-order valence-electron chi connectivity index (χ1n) is 8.80. The fraction of sp³-hybridized carbons (Fsp3) is 0.474. The highest BCUT2D eigenvalue weighted by atomic mass is 16.1. The van der Waals surface area contributed by atoms with Gasteiger partial charge in [0, 0.05) is 42.6 Å². The number of ketones is 1. The Morgan fingerprint density at radius 1 is 1.20 bits per heavy atom. The number of Topliss-reactive ketones (excluding diaryl/α,β-unsaturated/α-hetero) is 1. The zero-order valence-corrected chi connectivity index (χ0v) is 14.5. The fourth-order valence-corrected chi connectivity index (χ4v) is 4.72. The Morgan fingerprint density at radius 3 is 2.80 bits per heavy atom. The minimum Gasteiger partial charge on any atom is -0.354 e. The molecule has 1 N–H and O–H groups in total. The van der Waals surface area contributed by atoms with E-state index in [4.69, 9.17) is 0 Å². The van der Waals surface area contributed by atoms with E-state index in [1.165, 1.54) is 5.57 Å². The van der Waals surface area contributed by atoms with Crippen molar-refractivity contribution in [3.8, 4) is 0 Å². The molecular formula is C19H21N5O. The van der Waals surface area contributed by atoms with Crippen LogP contribution in [0.5, 0.6) is 0 Å². The number of azo groups is 1. The van der Waals surface area contributed by atoms with Crippen LogP contribution in [0.25, 0.3) is 0 Å². The molecule has 6 heteroatoms. The second-order valence-electron chi connectivity index (χ2n) is 8.27. The summed E-state index contributed by atoms with van der Waals surface area (Å²) in [6, 6.07) is 5.94. The maximum absolute atomic E-state index is 13.1. The molecule has 0 bridgehead atoms. The van der Waals surface area contributed by atoms with E-state index in [9.17, 15) is 4.79 Å². The lowest BCUT2D eigenvalue weighted by atomic mass is 9.60. The molecule has 3 aliphatic heterocycles. The Labute approximate surface area is 146 Å². The van der Waals surface area contributed by atoms with Crippen molar-refractivity contribution in [1.82, 2.24) is 10.3 Å². The van der Waals surface area contributed by atoms with Gasteiger partial charge in [0.2, 0.25) is 0 Å². The Kier molecular flexibility index (Phi) is 2.83. The van der Waals surface area contributed by atoms with Crippen LogP contribution in [0.4, 0.5) is 5.82 Å². The van der Waals surface area contributed by atoms with Crippen molar-refractivity contribution in [2.45, 2.75) is 26.7 Å². The number of aromatic nitrogens is 1. The smallest absolute Gasteiger partial charge is 0.162 e. The van der Waals surface area contributed by atoms with Gasteiger partial charge in [-0.25, -0.2) is 4.98 Å². The first kappa shape index (κ1) is 14.8. The van der Waals surface area contributed by atoms with Crippen LogP contribution in [0.2, 0.25) is 0 Å². The molecule has 4 aliphatic rings. The van der Waals surface area contributed by atoms with Crippen molar-refractivity contribution < 1.29 is 4.79 Å². The normalized spacial score (nSPS) is 25.7. The molecule has 0 unspecified atom stereocenters. The minimum atomic E-state index is -0.246. The molecule has 0 amide bonds. The van der Waals surface area contributed by atoms with Crippen molar-refractivity contribution in [3.05, 3.63) is 47.1 Å². The summed E-state index contributed by atoms with van der Waals surface area (Å²) in [5.41, 5.74) is 2.95. The third-order valence-corrected chi connectivity index (χ3v) is 5.78. The third kappa shape index (κ3) is 2.03. The molecule has 0 saturated carbocycles. The van der Waals surface area contributed by atoms with Gasteiger partial charge in [0.1, 0.15) is 5.82 Å². The van der Waals surface area contributed by atoms with E-state index in [2.05, 4.69) is 39.3 Å². The number of dihydropyridines is 1. The highest BCUT2D eigenvalue weighted by Crippen LogP contribution is 2.54. The maximum Gasteiger partial charge on any atom is 0.162 e. The van der Waals surface area contributed by atoms with E-state index in [1.54, 1.807) is 0 Å². The SMILES string of the molecule is CC1(C)CC(=O)C2=C(C1)NC1=C(CN=N1)C21CN(c2ccccn2)C1. The van der Waals surface area contributed by atoms with E-state index >= 15 is 0 Å². The second-order valence-corrected chi connectivity index (χ2v) is 8.27. The molecule has 0 radical (unpaired) electrons. The van der Waals surface area contributed by atoms with E-state index in [1.807, 2.05) is 24.4 Å². The molecule has 1 aliphatic carbocycles. The summed E-state index contributed by atoms with van der Waals surface area (Å²) in [5, 5.41) is 12.0. The van der Waals surface area contributed by atoms with Gasteiger partial charge in [-0.3, -0.25) is 4.79 Å². The molecule has 1 fully saturated rings. The number of rotatable bonds is 1. The quantitative estimate of drug-likeness (QED) is 0.857. The van der Waals surface area contributed by atoms with Crippen LogP contribution in [0.3, 0.4) is 0 Å². The van der Waals surface area contributed by atoms with E-state index in [0.717, 1.165) is 42.4 Å². The Morgan fingerprint density at radius 2 is 2.04 bits per heavy atom. The number of fused-ring (bicyclic) bond motifs is 2. The Hall–Kier alpha value is -2.50. The predicted octanol–water partition coefficient (Wildman–Crippen LogP) is 2.81. The Bertz CT molecular complexity index is 859. The number of allylic oxidation sites excluding steroid dienone is 1. The van der Waals surface area contributed by atoms with Gasteiger partial charge in [0.05, 0.1) is 12.0 Å². The number of hydrogen-bond donors (Lipinski definition) is 1. The third-order valence-electron chi connectivity index (χ3n) is 5.78. The van der Waals surface area contributed by atoms with E-state index in [0.29, 0.717) is 13.0 Å². The molecule has 0 aromatic carbocycles. The average Bonchev–Trinajstić information content (AvgIpc) is 2.98. The van der Waals surface area contributed by atoms with Crippen molar-refractivity contribution in [2.24, 2.45) is 21.1 Å². The monoisotopic (exact) mass is 335 g/mol. The number of nitrogens with one attached hydrogen (secondary N) is 1. The van der Waals surface area contributed by atoms with Crippen LogP contribution in [-0.2, 0) is 4.79 Å². The number of carbonyl (C=O) groups excluding carboxylic acids is 1. The highest BCUT2D eigenvalue weighted by molar-refractivity contribution is 6.00. The lowest BCUT2D eigenvalue weighted by Gasteiger charge is -2.55. The summed E-state index contributed by atoms with van der Waals surface area (Å²) in [4.78, 5) is 19.8. The predicted molar refractivity (Wildman–Crippen MR) is 93.8 cm³/mol. The first-order chi connectivity index (χ1) is 12.0. The summed E-state index contributed by atoms with van der Waals surface area (Å²) in [5.74, 6) is 2.11. The van der Waals surface area contributed by atoms with E-state index in [-0.39, 0.29) is 16.6 Å². The van der Waals surface area contributed by atoms with Crippen molar-refractivity contribution >= 4 is 11.6 Å². The zero-order valence-electron chi connectivity index (χ0n) is 14.5. The molecule has 0 atom stereocenters. The molecule has 5 rings (SSSR count). The largest absolute Gasteiger partial charge is 0.354 e. The summed E-state index contributed by atoms with van der Waals surface area (Å²) in [6.07, 6.45) is 3.30. The van der Waals surface area contributed by atoms with Gasteiger partial charge in [0.25, 0.3) is 0 Å². The molecule has 1 saturated heterocycles. The lowest BCUT2D eigenvalue weighted by Crippen LogP contribution is -2.63. The van der Waals surface area contributed by atoms with Crippen LogP contribution >= 0.6 is 0 Å². The second kappa shape index (κ2) is 4.77. The fourth-order valence-electron chi connectivity index (χ4n) is 4.72. The van der Waals surface area contributed by atoms with Crippen LogP contribution in [0.1, 0.15) is 26.7 Å². The van der Waals surface area contributed by atoms with Crippen LogP contribution in [-0.4, -0.2) is 30.4 Å². The summed E-state index contributed by atoms with van der Waals surface area (Å²) in [6.45, 7) is 6.46. The number of hydrogen-bond acceptors (Lipinski definition) is 6. The molecule has 1 aromatic heterocycles. The standard InChI is InChI=1S/C19H21N5O/c1-18(2)7-13-16(14(25)8-18)19(12-9-21-23-17(12)22-13)10-24(11-19)15-5-3-4-6-20-15/h3-6,22H,7-11H2,1-2H3. The van der Waals surface area contributed by atoms with Gasteiger partial charge in [-0.1, -0.05) is 19.9 Å². The molecule has 1 spiro atoms. The molecule has 6 nitrogen and oxygen atoms in total. The molecule has 4 heterocycles. The highest BCUT2D eigenvalue weighted by Gasteiger charge is 2.57. The van der Waals surface area contributed by atoms with Gasteiger partial charge in [-0.15, -0.1) is 5.11 Å². The van der Waals surface area contributed by atoms with Crippen LogP contribution in [0, 0.1) is 10.8 Å². The molecule has 25 heavy (non-hydrogen) atoms.